The van der Waals surface area contributed by atoms with Crippen LogP contribution in [-0.2, 0) is 9.59 Å². The van der Waals surface area contributed by atoms with E-state index in [0.29, 0.717) is 41.5 Å². The van der Waals surface area contributed by atoms with E-state index in [1.807, 2.05) is 0 Å². The number of rotatable bonds is 5. The molecule has 1 fully saturated rings. The number of carbonyl (C=O) groups excluding carboxylic acids is 1. The lowest BCUT2D eigenvalue weighted by Gasteiger charge is -2.27. The van der Waals surface area contributed by atoms with E-state index in [4.69, 9.17) is 14.2 Å². The van der Waals surface area contributed by atoms with Crippen LogP contribution < -0.4 is 19.5 Å². The van der Waals surface area contributed by atoms with Crippen molar-refractivity contribution in [1.29, 1.82) is 0 Å². The SMILES string of the molecule is O=C(O)[C@@H]1CCCC[C@H]1C(=O)Nc1ccc(Oc2ccc3c(c2)OCO3)cc1. The molecule has 2 atom stereocenters. The molecule has 0 spiro atoms. The highest BCUT2D eigenvalue weighted by molar-refractivity contribution is 5.95. The third-order valence-corrected chi connectivity index (χ3v) is 5.12. The number of hydrogen-bond acceptors (Lipinski definition) is 5. The molecule has 1 saturated carbocycles. The quantitative estimate of drug-likeness (QED) is 0.809. The molecule has 7 heteroatoms. The van der Waals surface area contributed by atoms with Crippen molar-refractivity contribution in [1.82, 2.24) is 0 Å². The van der Waals surface area contributed by atoms with Crippen molar-refractivity contribution in [3.8, 4) is 23.0 Å². The van der Waals surface area contributed by atoms with E-state index < -0.39 is 17.8 Å². The van der Waals surface area contributed by atoms with Crippen molar-refractivity contribution in [2.24, 2.45) is 11.8 Å². The van der Waals surface area contributed by atoms with E-state index in [1.54, 1.807) is 42.5 Å². The molecule has 2 aromatic carbocycles. The normalized spacial score (nSPS) is 20.4. The molecular weight excluding hydrogens is 362 g/mol. The second-order valence-corrected chi connectivity index (χ2v) is 6.97. The van der Waals surface area contributed by atoms with Crippen molar-refractivity contribution in [3.05, 3.63) is 42.5 Å². The minimum absolute atomic E-state index is 0.205. The average Bonchev–Trinajstić information content (AvgIpc) is 3.17. The molecule has 1 heterocycles. The number of hydrogen-bond donors (Lipinski definition) is 2. The highest BCUT2D eigenvalue weighted by Gasteiger charge is 2.35. The van der Waals surface area contributed by atoms with Crippen LogP contribution >= 0.6 is 0 Å². The molecule has 7 nitrogen and oxygen atoms in total. The maximum atomic E-state index is 12.5. The van der Waals surface area contributed by atoms with Gasteiger partial charge in [-0.05, 0) is 49.2 Å². The summed E-state index contributed by atoms with van der Waals surface area (Å²) in [7, 11) is 0. The van der Waals surface area contributed by atoms with Crippen LogP contribution in [0.2, 0.25) is 0 Å². The number of aliphatic carboxylic acids is 1. The van der Waals surface area contributed by atoms with Crippen molar-refractivity contribution < 1.29 is 28.9 Å². The number of ether oxygens (including phenoxy) is 3. The Bertz CT molecular complexity index is 879. The van der Waals surface area contributed by atoms with Crippen LogP contribution in [0.25, 0.3) is 0 Å². The summed E-state index contributed by atoms with van der Waals surface area (Å²) >= 11 is 0. The molecule has 1 aliphatic heterocycles. The minimum Gasteiger partial charge on any atom is -0.481 e. The molecule has 2 aromatic rings. The molecule has 0 radical (unpaired) electrons. The van der Waals surface area contributed by atoms with E-state index in [1.165, 1.54) is 0 Å². The molecule has 0 bridgehead atoms. The molecule has 28 heavy (non-hydrogen) atoms. The van der Waals surface area contributed by atoms with E-state index >= 15 is 0 Å². The molecule has 0 saturated heterocycles. The maximum Gasteiger partial charge on any atom is 0.307 e. The van der Waals surface area contributed by atoms with Crippen LogP contribution in [0.1, 0.15) is 25.7 Å². The summed E-state index contributed by atoms with van der Waals surface area (Å²) in [6.07, 6.45) is 2.89. The maximum absolute atomic E-state index is 12.5. The topological polar surface area (TPSA) is 94.1 Å². The summed E-state index contributed by atoms with van der Waals surface area (Å²) in [5.41, 5.74) is 0.609. The van der Waals surface area contributed by atoms with Crippen molar-refractivity contribution in [2.45, 2.75) is 25.7 Å². The van der Waals surface area contributed by atoms with Crippen LogP contribution in [-0.4, -0.2) is 23.8 Å². The lowest BCUT2D eigenvalue weighted by molar-refractivity contribution is -0.147. The number of amides is 1. The van der Waals surface area contributed by atoms with Crippen LogP contribution in [0, 0.1) is 11.8 Å². The van der Waals surface area contributed by atoms with Gasteiger partial charge >= 0.3 is 5.97 Å². The number of carboxylic acids is 1. The Morgan fingerprint density at radius 2 is 1.61 bits per heavy atom. The summed E-state index contributed by atoms with van der Waals surface area (Å²) in [5, 5.41) is 12.2. The van der Waals surface area contributed by atoms with E-state index in [0.717, 1.165) is 12.8 Å². The van der Waals surface area contributed by atoms with Gasteiger partial charge in [-0.1, -0.05) is 12.8 Å². The number of nitrogens with one attached hydrogen (secondary N) is 1. The highest BCUT2D eigenvalue weighted by atomic mass is 16.7. The number of carbonyl (C=O) groups is 2. The summed E-state index contributed by atoms with van der Waals surface area (Å²) in [6.45, 7) is 0.205. The molecule has 4 rings (SSSR count). The molecule has 1 aliphatic carbocycles. The molecule has 0 unspecified atom stereocenters. The molecule has 1 amide bonds. The standard InChI is InChI=1S/C21H21NO6/c23-20(16-3-1-2-4-17(16)21(24)25)22-13-5-7-14(8-6-13)28-15-9-10-18-19(11-15)27-12-26-18/h5-11,16-17H,1-4,12H2,(H,22,23)(H,24,25)/t16-,17-/m1/s1. The van der Waals surface area contributed by atoms with Gasteiger partial charge in [0.2, 0.25) is 12.7 Å². The fraction of sp³-hybridized carbons (Fsp3) is 0.333. The number of anilines is 1. The lowest BCUT2D eigenvalue weighted by Crippen LogP contribution is -2.36. The summed E-state index contributed by atoms with van der Waals surface area (Å²) < 4.78 is 16.4. The number of carboxylic acid groups (broad SMARTS) is 1. The fourth-order valence-electron chi connectivity index (χ4n) is 3.66. The zero-order valence-electron chi connectivity index (χ0n) is 15.2. The van der Waals surface area contributed by atoms with Crippen molar-refractivity contribution in [3.63, 3.8) is 0 Å². The Kier molecular flexibility index (Phi) is 5.06. The zero-order valence-corrected chi connectivity index (χ0v) is 15.2. The van der Waals surface area contributed by atoms with Gasteiger partial charge in [-0.15, -0.1) is 0 Å². The van der Waals surface area contributed by atoms with Gasteiger partial charge in [0.1, 0.15) is 11.5 Å². The van der Waals surface area contributed by atoms with E-state index in [2.05, 4.69) is 5.32 Å². The number of fused-ring (bicyclic) bond motifs is 1. The Balaban J connectivity index is 1.39. The summed E-state index contributed by atoms with van der Waals surface area (Å²) in [4.78, 5) is 23.9. The van der Waals surface area contributed by atoms with Crippen LogP contribution in [0.15, 0.2) is 42.5 Å². The second-order valence-electron chi connectivity index (χ2n) is 6.97. The van der Waals surface area contributed by atoms with Gasteiger partial charge in [0, 0.05) is 11.8 Å². The highest BCUT2D eigenvalue weighted by Crippen LogP contribution is 2.37. The average molecular weight is 383 g/mol. The predicted octanol–water partition coefficient (Wildman–Crippen LogP) is 4.04. The molecule has 146 valence electrons. The monoisotopic (exact) mass is 383 g/mol. The van der Waals surface area contributed by atoms with Gasteiger partial charge in [0.15, 0.2) is 11.5 Å². The summed E-state index contributed by atoms with van der Waals surface area (Å²) in [5.74, 6) is 0.321. The van der Waals surface area contributed by atoms with Crippen LogP contribution in [0.4, 0.5) is 5.69 Å². The lowest BCUT2D eigenvalue weighted by atomic mass is 9.78. The Morgan fingerprint density at radius 3 is 2.36 bits per heavy atom. The predicted molar refractivity (Wildman–Crippen MR) is 101 cm³/mol. The second kappa shape index (κ2) is 7.80. The smallest absolute Gasteiger partial charge is 0.307 e. The molecule has 2 aliphatic rings. The first-order valence-corrected chi connectivity index (χ1v) is 9.31. The van der Waals surface area contributed by atoms with Gasteiger partial charge in [-0.2, -0.15) is 0 Å². The van der Waals surface area contributed by atoms with Gasteiger partial charge in [-0.3, -0.25) is 9.59 Å². The van der Waals surface area contributed by atoms with Crippen LogP contribution in [0.5, 0.6) is 23.0 Å². The molecular formula is C21H21NO6. The fourth-order valence-corrected chi connectivity index (χ4v) is 3.66. The first-order chi connectivity index (χ1) is 13.6. The van der Waals surface area contributed by atoms with Crippen molar-refractivity contribution >= 4 is 17.6 Å². The Labute approximate surface area is 162 Å². The summed E-state index contributed by atoms with van der Waals surface area (Å²) in [6, 6.07) is 12.3. The first-order valence-electron chi connectivity index (χ1n) is 9.31. The third-order valence-electron chi connectivity index (χ3n) is 5.12. The van der Waals surface area contributed by atoms with Gasteiger partial charge < -0.3 is 24.6 Å². The Morgan fingerprint density at radius 1 is 0.929 bits per heavy atom. The van der Waals surface area contributed by atoms with Crippen molar-refractivity contribution in [2.75, 3.05) is 12.1 Å². The number of benzene rings is 2. The molecule has 2 N–H and O–H groups in total. The van der Waals surface area contributed by atoms with Crippen LogP contribution in [0.3, 0.4) is 0 Å². The Hall–Kier alpha value is -3.22. The van der Waals surface area contributed by atoms with E-state index in [9.17, 15) is 14.7 Å². The molecule has 0 aromatic heterocycles. The minimum atomic E-state index is -0.896. The zero-order chi connectivity index (χ0) is 19.5. The third kappa shape index (κ3) is 3.88. The van der Waals surface area contributed by atoms with Gasteiger partial charge in [-0.25, -0.2) is 0 Å². The van der Waals surface area contributed by atoms with E-state index in [-0.39, 0.29) is 12.7 Å². The largest absolute Gasteiger partial charge is 0.481 e. The first kappa shape index (κ1) is 18.2. The van der Waals surface area contributed by atoms with Gasteiger partial charge in [0.25, 0.3) is 0 Å². The van der Waals surface area contributed by atoms with Gasteiger partial charge in [0.05, 0.1) is 11.8 Å².